The fourth-order valence-corrected chi connectivity index (χ4v) is 3.24. The van der Waals surface area contributed by atoms with Crippen molar-refractivity contribution >= 4 is 31.9 Å². The Morgan fingerprint density at radius 1 is 1.44 bits per heavy atom. The second-order valence-electron chi connectivity index (χ2n) is 4.97. The zero-order chi connectivity index (χ0) is 11.8. The standard InChI is InChI=1S/C13H15Br2F/c1-13(8-14,10-2-3-10)7-9-6-11(16)4-5-12(9)15/h4-6,10H,2-3,7-8H2,1H3. The van der Waals surface area contributed by atoms with E-state index >= 15 is 0 Å². The maximum Gasteiger partial charge on any atom is 0.123 e. The van der Waals surface area contributed by atoms with E-state index in [1.54, 1.807) is 12.1 Å². The first-order valence-corrected chi connectivity index (χ1v) is 7.46. The van der Waals surface area contributed by atoms with Crippen molar-refractivity contribution in [1.29, 1.82) is 0 Å². The molecule has 0 saturated heterocycles. The lowest BCUT2D eigenvalue weighted by Gasteiger charge is -2.28. The molecule has 88 valence electrons. The Balaban J connectivity index is 2.21. The molecule has 1 fully saturated rings. The third-order valence-corrected chi connectivity index (χ3v) is 5.52. The molecule has 1 aromatic rings. The van der Waals surface area contributed by atoms with Crippen LogP contribution in [-0.4, -0.2) is 5.33 Å². The Kier molecular flexibility index (Phi) is 3.75. The van der Waals surface area contributed by atoms with Crippen LogP contribution in [0, 0.1) is 17.2 Å². The van der Waals surface area contributed by atoms with Gasteiger partial charge in [-0.05, 0) is 54.4 Å². The molecule has 0 aliphatic heterocycles. The van der Waals surface area contributed by atoms with Crippen LogP contribution in [0.25, 0.3) is 0 Å². The van der Waals surface area contributed by atoms with Gasteiger partial charge in [0.15, 0.2) is 0 Å². The molecular weight excluding hydrogens is 335 g/mol. The fraction of sp³-hybridized carbons (Fsp3) is 0.538. The lowest BCUT2D eigenvalue weighted by atomic mass is 9.81. The Bertz CT molecular complexity index is 388. The van der Waals surface area contributed by atoms with Crippen molar-refractivity contribution < 1.29 is 4.39 Å². The van der Waals surface area contributed by atoms with Gasteiger partial charge in [-0.15, -0.1) is 0 Å². The van der Waals surface area contributed by atoms with E-state index in [1.807, 2.05) is 0 Å². The summed E-state index contributed by atoms with van der Waals surface area (Å²) in [4.78, 5) is 0. The Labute approximate surface area is 113 Å². The van der Waals surface area contributed by atoms with Crippen LogP contribution >= 0.6 is 31.9 Å². The number of rotatable bonds is 4. The van der Waals surface area contributed by atoms with E-state index in [2.05, 4.69) is 38.8 Å². The Hall–Kier alpha value is 0.110. The predicted octanol–water partition coefficient (Wildman–Crippen LogP) is 4.94. The Morgan fingerprint density at radius 2 is 2.12 bits per heavy atom. The quantitative estimate of drug-likeness (QED) is 0.675. The summed E-state index contributed by atoms with van der Waals surface area (Å²) in [5, 5.41) is 0.980. The average molecular weight is 350 g/mol. The van der Waals surface area contributed by atoms with E-state index < -0.39 is 0 Å². The SMILES string of the molecule is CC(CBr)(Cc1cc(F)ccc1Br)C1CC1. The van der Waals surface area contributed by atoms with Crippen LogP contribution in [0.2, 0.25) is 0 Å². The van der Waals surface area contributed by atoms with Crippen LogP contribution in [0.1, 0.15) is 25.3 Å². The smallest absolute Gasteiger partial charge is 0.123 e. The van der Waals surface area contributed by atoms with Crippen molar-refractivity contribution in [3.05, 3.63) is 34.1 Å². The first-order valence-electron chi connectivity index (χ1n) is 5.55. The van der Waals surface area contributed by atoms with Gasteiger partial charge in [-0.3, -0.25) is 0 Å². The minimum absolute atomic E-state index is 0.147. The summed E-state index contributed by atoms with van der Waals surface area (Å²) in [5.74, 6) is 0.646. The first-order chi connectivity index (χ1) is 7.55. The van der Waals surface area contributed by atoms with Crippen molar-refractivity contribution in [2.45, 2.75) is 26.2 Å². The summed E-state index contributed by atoms with van der Waals surface area (Å²) < 4.78 is 14.2. The molecule has 1 unspecified atom stereocenters. The van der Waals surface area contributed by atoms with Crippen molar-refractivity contribution in [3.63, 3.8) is 0 Å². The van der Waals surface area contributed by atoms with Crippen LogP contribution in [-0.2, 0) is 6.42 Å². The molecule has 0 bridgehead atoms. The van der Waals surface area contributed by atoms with E-state index in [4.69, 9.17) is 0 Å². The first kappa shape index (κ1) is 12.6. The number of halogens is 3. The molecule has 0 N–H and O–H groups in total. The molecule has 16 heavy (non-hydrogen) atoms. The summed E-state index contributed by atoms with van der Waals surface area (Å²) in [6.07, 6.45) is 3.56. The van der Waals surface area contributed by atoms with Crippen LogP contribution in [0.3, 0.4) is 0 Å². The van der Waals surface area contributed by atoms with Gasteiger partial charge in [0, 0.05) is 9.80 Å². The molecule has 2 rings (SSSR count). The van der Waals surface area contributed by atoms with Crippen molar-refractivity contribution in [3.8, 4) is 0 Å². The maximum atomic E-state index is 13.2. The van der Waals surface area contributed by atoms with Gasteiger partial charge >= 0.3 is 0 Å². The summed E-state index contributed by atoms with van der Waals surface area (Å²) >= 11 is 7.10. The van der Waals surface area contributed by atoms with Crippen molar-refractivity contribution in [2.75, 3.05) is 5.33 Å². The Morgan fingerprint density at radius 3 is 2.69 bits per heavy atom. The molecule has 1 aliphatic carbocycles. The van der Waals surface area contributed by atoms with Crippen LogP contribution in [0.5, 0.6) is 0 Å². The molecule has 1 aromatic carbocycles. The molecule has 0 radical (unpaired) electrons. The summed E-state index contributed by atoms with van der Waals surface area (Å²) in [5.41, 5.74) is 1.34. The second kappa shape index (κ2) is 4.77. The van der Waals surface area contributed by atoms with Gasteiger partial charge in [0.25, 0.3) is 0 Å². The molecule has 0 aromatic heterocycles. The highest BCUT2D eigenvalue weighted by Gasteiger charge is 2.40. The van der Waals surface area contributed by atoms with Gasteiger partial charge in [0.2, 0.25) is 0 Å². The highest BCUT2D eigenvalue weighted by Crippen LogP contribution is 2.48. The largest absolute Gasteiger partial charge is 0.207 e. The highest BCUT2D eigenvalue weighted by atomic mass is 79.9. The number of benzene rings is 1. The average Bonchev–Trinajstić information content (AvgIpc) is 3.07. The number of hydrogen-bond donors (Lipinski definition) is 0. The molecule has 3 heteroatoms. The van der Waals surface area contributed by atoms with E-state index in [1.165, 1.54) is 18.9 Å². The topological polar surface area (TPSA) is 0 Å². The number of hydrogen-bond acceptors (Lipinski definition) is 0. The normalized spacial score (nSPS) is 19.5. The third-order valence-electron chi connectivity index (χ3n) is 3.47. The molecule has 0 nitrogen and oxygen atoms in total. The van der Waals surface area contributed by atoms with Crippen LogP contribution < -0.4 is 0 Å². The van der Waals surface area contributed by atoms with Gasteiger partial charge in [-0.2, -0.15) is 0 Å². The van der Waals surface area contributed by atoms with Crippen molar-refractivity contribution in [2.24, 2.45) is 11.3 Å². The zero-order valence-electron chi connectivity index (χ0n) is 9.27. The monoisotopic (exact) mass is 348 g/mol. The van der Waals surface area contributed by atoms with Crippen LogP contribution in [0.15, 0.2) is 22.7 Å². The van der Waals surface area contributed by atoms with E-state index in [0.717, 1.165) is 27.7 Å². The molecule has 1 atom stereocenters. The van der Waals surface area contributed by atoms with Gasteiger partial charge in [0.1, 0.15) is 5.82 Å². The molecule has 0 amide bonds. The van der Waals surface area contributed by atoms with Gasteiger partial charge < -0.3 is 0 Å². The third kappa shape index (κ3) is 2.67. The van der Waals surface area contributed by atoms with Gasteiger partial charge in [0.05, 0.1) is 0 Å². The maximum absolute atomic E-state index is 13.2. The summed E-state index contributed by atoms with van der Waals surface area (Å²) in [7, 11) is 0. The molecule has 1 saturated carbocycles. The predicted molar refractivity (Wildman–Crippen MR) is 72.4 cm³/mol. The van der Waals surface area contributed by atoms with E-state index in [9.17, 15) is 4.39 Å². The van der Waals surface area contributed by atoms with E-state index in [-0.39, 0.29) is 11.2 Å². The summed E-state index contributed by atoms with van der Waals surface area (Å²) in [6, 6.07) is 4.94. The lowest BCUT2D eigenvalue weighted by Crippen LogP contribution is -2.24. The number of alkyl halides is 1. The lowest BCUT2D eigenvalue weighted by molar-refractivity contribution is 0.318. The van der Waals surface area contributed by atoms with Gasteiger partial charge in [-0.1, -0.05) is 38.8 Å². The molecule has 0 spiro atoms. The van der Waals surface area contributed by atoms with Gasteiger partial charge in [-0.25, -0.2) is 4.39 Å². The van der Waals surface area contributed by atoms with Crippen LogP contribution in [0.4, 0.5) is 4.39 Å². The van der Waals surface area contributed by atoms with Crippen molar-refractivity contribution in [1.82, 2.24) is 0 Å². The molecular formula is C13H15Br2F. The molecule has 1 aliphatic rings. The minimum Gasteiger partial charge on any atom is -0.207 e. The zero-order valence-corrected chi connectivity index (χ0v) is 12.4. The fourth-order valence-electron chi connectivity index (χ4n) is 2.19. The second-order valence-corrected chi connectivity index (χ2v) is 6.39. The van der Waals surface area contributed by atoms with E-state index in [0.29, 0.717) is 0 Å². The minimum atomic E-state index is -0.147. The molecule has 0 heterocycles. The highest BCUT2D eigenvalue weighted by molar-refractivity contribution is 9.10. The summed E-state index contributed by atoms with van der Waals surface area (Å²) in [6.45, 7) is 2.29.